The summed E-state index contributed by atoms with van der Waals surface area (Å²) in [5.41, 5.74) is 6.24. The molecule has 6 aromatic rings. The molecule has 0 aromatic carbocycles. The molecule has 0 saturated heterocycles. The largest absolute Gasteiger partial charge is 0.335 e. The lowest BCUT2D eigenvalue weighted by molar-refractivity contribution is -0.115. The van der Waals surface area contributed by atoms with Crippen LogP contribution in [0.15, 0.2) is 67.4 Å². The molecule has 0 radical (unpaired) electrons. The molecule has 35 heavy (non-hydrogen) atoms. The molecular weight excluding hydrogens is 442 g/mol. The number of nitrogens with one attached hydrogen (secondary N) is 3. The molecular formula is C25H19N9O. The van der Waals surface area contributed by atoms with Crippen molar-refractivity contribution < 1.29 is 4.79 Å². The summed E-state index contributed by atoms with van der Waals surface area (Å²) in [6.07, 6.45) is 9.10. The van der Waals surface area contributed by atoms with E-state index in [2.05, 4.69) is 40.4 Å². The average molecular weight is 461 g/mol. The van der Waals surface area contributed by atoms with Gasteiger partial charge in [-0.05, 0) is 30.3 Å². The number of pyridine rings is 4. The Morgan fingerprint density at radius 3 is 2.71 bits per heavy atom. The first-order valence-corrected chi connectivity index (χ1v) is 11.1. The van der Waals surface area contributed by atoms with Gasteiger partial charge in [-0.1, -0.05) is 13.0 Å². The maximum absolute atomic E-state index is 11.6. The summed E-state index contributed by atoms with van der Waals surface area (Å²) in [4.78, 5) is 37.4. The minimum absolute atomic E-state index is 0.0800. The first kappa shape index (κ1) is 20.6. The molecule has 0 fully saturated rings. The Morgan fingerprint density at radius 1 is 1.00 bits per heavy atom. The van der Waals surface area contributed by atoms with Crippen LogP contribution in [0.5, 0.6) is 0 Å². The standard InChI is InChI=1S/C25H19N9O/c1-2-21(35)31-20-7-6-14(10-28-20)15-9-16-23(33-34-24(16)29-11-15)25-30-19-13-26-12-17(22(19)32-25)18-5-3-4-8-27-18/h3-13H,2H2,1H3,(H,30,32)(H,28,31,35)(H,29,33,34). The van der Waals surface area contributed by atoms with E-state index in [0.717, 1.165) is 44.5 Å². The molecule has 6 heterocycles. The van der Waals surface area contributed by atoms with Crippen LogP contribution in [0.1, 0.15) is 13.3 Å². The quantitative estimate of drug-likeness (QED) is 0.346. The van der Waals surface area contributed by atoms with Gasteiger partial charge in [0.25, 0.3) is 0 Å². The van der Waals surface area contributed by atoms with Crippen LogP contribution in [-0.2, 0) is 4.79 Å². The SMILES string of the molecule is CCC(=O)Nc1ccc(-c2cnc3n[nH]c(-c4nc5c(-c6ccccn6)cncc5[nH]4)c3c2)cn1. The third-order valence-electron chi connectivity index (χ3n) is 5.67. The van der Waals surface area contributed by atoms with Gasteiger partial charge in [-0.15, -0.1) is 0 Å². The lowest BCUT2D eigenvalue weighted by Gasteiger charge is -2.05. The summed E-state index contributed by atoms with van der Waals surface area (Å²) >= 11 is 0. The molecule has 6 aromatic heterocycles. The molecule has 10 heteroatoms. The van der Waals surface area contributed by atoms with Gasteiger partial charge in [0.1, 0.15) is 17.0 Å². The number of carbonyl (C=O) groups excluding carboxylic acids is 1. The number of carbonyl (C=O) groups is 1. The van der Waals surface area contributed by atoms with E-state index < -0.39 is 0 Å². The summed E-state index contributed by atoms with van der Waals surface area (Å²) in [6, 6.07) is 11.4. The first-order chi connectivity index (χ1) is 17.2. The topological polar surface area (TPSA) is 138 Å². The molecule has 1 amide bonds. The van der Waals surface area contributed by atoms with Gasteiger partial charge < -0.3 is 10.3 Å². The van der Waals surface area contributed by atoms with Crippen LogP contribution in [0.4, 0.5) is 5.82 Å². The molecule has 170 valence electrons. The van der Waals surface area contributed by atoms with Gasteiger partial charge in [0.2, 0.25) is 5.91 Å². The van der Waals surface area contributed by atoms with Crippen LogP contribution < -0.4 is 5.32 Å². The van der Waals surface area contributed by atoms with Crippen LogP contribution in [-0.4, -0.2) is 46.0 Å². The van der Waals surface area contributed by atoms with Crippen molar-refractivity contribution in [2.24, 2.45) is 0 Å². The van der Waals surface area contributed by atoms with Crippen molar-refractivity contribution in [3.8, 4) is 33.9 Å². The van der Waals surface area contributed by atoms with E-state index in [9.17, 15) is 4.79 Å². The van der Waals surface area contributed by atoms with Gasteiger partial charge in [-0.2, -0.15) is 5.10 Å². The number of hydrogen-bond acceptors (Lipinski definition) is 7. The van der Waals surface area contributed by atoms with E-state index in [4.69, 9.17) is 4.98 Å². The molecule has 0 saturated carbocycles. The summed E-state index contributed by atoms with van der Waals surface area (Å²) in [7, 11) is 0. The van der Waals surface area contributed by atoms with Crippen molar-refractivity contribution in [1.82, 2.24) is 40.1 Å². The van der Waals surface area contributed by atoms with E-state index in [-0.39, 0.29) is 5.91 Å². The highest BCUT2D eigenvalue weighted by Gasteiger charge is 2.16. The Bertz CT molecular complexity index is 1670. The number of amides is 1. The number of anilines is 1. The second-order valence-electron chi connectivity index (χ2n) is 7.91. The van der Waals surface area contributed by atoms with Gasteiger partial charge in [0.05, 0.1) is 22.8 Å². The zero-order valence-corrected chi connectivity index (χ0v) is 18.6. The minimum Gasteiger partial charge on any atom is -0.335 e. The van der Waals surface area contributed by atoms with Crippen molar-refractivity contribution >= 4 is 33.8 Å². The second kappa shape index (κ2) is 8.41. The smallest absolute Gasteiger partial charge is 0.225 e. The molecule has 0 aliphatic rings. The van der Waals surface area contributed by atoms with Crippen molar-refractivity contribution in [2.75, 3.05) is 5.32 Å². The number of H-pyrrole nitrogens is 2. The predicted octanol–water partition coefficient (Wildman–Crippen LogP) is 4.37. The van der Waals surface area contributed by atoms with Crippen LogP contribution in [0.3, 0.4) is 0 Å². The molecule has 0 bridgehead atoms. The lowest BCUT2D eigenvalue weighted by Crippen LogP contribution is -2.10. The zero-order chi connectivity index (χ0) is 23.8. The highest BCUT2D eigenvalue weighted by atomic mass is 16.1. The summed E-state index contributed by atoms with van der Waals surface area (Å²) in [5.74, 6) is 1.06. The number of nitrogens with zero attached hydrogens (tertiary/aromatic N) is 6. The minimum atomic E-state index is -0.0800. The molecule has 0 aliphatic heterocycles. The lowest BCUT2D eigenvalue weighted by atomic mass is 10.1. The van der Waals surface area contributed by atoms with Crippen LogP contribution in [0, 0.1) is 0 Å². The van der Waals surface area contributed by atoms with Crippen molar-refractivity contribution in [3.63, 3.8) is 0 Å². The maximum atomic E-state index is 11.6. The fraction of sp³-hybridized carbons (Fsp3) is 0.0800. The third-order valence-corrected chi connectivity index (χ3v) is 5.67. The predicted molar refractivity (Wildman–Crippen MR) is 132 cm³/mol. The molecule has 0 aliphatic carbocycles. The number of fused-ring (bicyclic) bond motifs is 2. The Labute approximate surface area is 198 Å². The Morgan fingerprint density at radius 2 is 1.91 bits per heavy atom. The third kappa shape index (κ3) is 3.76. The zero-order valence-electron chi connectivity index (χ0n) is 18.6. The van der Waals surface area contributed by atoms with Crippen molar-refractivity contribution in [1.29, 1.82) is 0 Å². The van der Waals surface area contributed by atoms with E-state index in [0.29, 0.717) is 23.7 Å². The van der Waals surface area contributed by atoms with E-state index >= 15 is 0 Å². The van der Waals surface area contributed by atoms with Gasteiger partial charge in [-0.3, -0.25) is 19.9 Å². The van der Waals surface area contributed by atoms with Crippen molar-refractivity contribution in [3.05, 3.63) is 67.4 Å². The van der Waals surface area contributed by atoms with E-state index in [1.165, 1.54) is 0 Å². The van der Waals surface area contributed by atoms with Gasteiger partial charge in [-0.25, -0.2) is 15.0 Å². The second-order valence-corrected chi connectivity index (χ2v) is 7.91. The Balaban J connectivity index is 1.40. The van der Waals surface area contributed by atoms with E-state index in [1.54, 1.807) is 44.0 Å². The number of rotatable bonds is 5. The number of aromatic amines is 2. The highest BCUT2D eigenvalue weighted by Crippen LogP contribution is 2.31. The van der Waals surface area contributed by atoms with Crippen LogP contribution in [0.25, 0.3) is 56.0 Å². The Hall–Kier alpha value is -4.99. The number of aromatic nitrogens is 8. The maximum Gasteiger partial charge on any atom is 0.225 e. The molecule has 6 rings (SSSR count). The Kier molecular flexibility index (Phi) is 4.95. The average Bonchev–Trinajstić information content (AvgIpc) is 3.53. The monoisotopic (exact) mass is 461 g/mol. The molecule has 3 N–H and O–H groups in total. The summed E-state index contributed by atoms with van der Waals surface area (Å²) in [6.45, 7) is 1.80. The molecule has 0 atom stereocenters. The van der Waals surface area contributed by atoms with Gasteiger partial charge >= 0.3 is 0 Å². The molecule has 0 unspecified atom stereocenters. The van der Waals surface area contributed by atoms with Crippen LogP contribution >= 0.6 is 0 Å². The van der Waals surface area contributed by atoms with E-state index in [1.807, 2.05) is 30.3 Å². The molecule has 0 spiro atoms. The van der Waals surface area contributed by atoms with Crippen molar-refractivity contribution in [2.45, 2.75) is 13.3 Å². The number of hydrogen-bond donors (Lipinski definition) is 3. The number of imidazole rings is 1. The highest BCUT2D eigenvalue weighted by molar-refractivity contribution is 5.96. The fourth-order valence-corrected chi connectivity index (χ4v) is 3.87. The van der Waals surface area contributed by atoms with Gasteiger partial charge in [0, 0.05) is 47.9 Å². The first-order valence-electron chi connectivity index (χ1n) is 11.1. The summed E-state index contributed by atoms with van der Waals surface area (Å²) in [5, 5.41) is 11.0. The fourth-order valence-electron chi connectivity index (χ4n) is 3.87. The van der Waals surface area contributed by atoms with Gasteiger partial charge in [0.15, 0.2) is 11.5 Å². The summed E-state index contributed by atoms with van der Waals surface area (Å²) < 4.78 is 0. The van der Waals surface area contributed by atoms with Crippen LogP contribution in [0.2, 0.25) is 0 Å². The normalized spacial score (nSPS) is 11.2. The molecule has 10 nitrogen and oxygen atoms in total.